The molecule has 1 aliphatic rings. The molecule has 5 rings (SSSR count). The van der Waals surface area contributed by atoms with E-state index in [2.05, 4.69) is 20.9 Å². The van der Waals surface area contributed by atoms with Gasteiger partial charge in [0.25, 0.3) is 5.56 Å². The van der Waals surface area contributed by atoms with Crippen LogP contribution in [0, 0.1) is 0 Å². The Kier molecular flexibility index (Phi) is 8.85. The molecule has 210 valence electrons. The third kappa shape index (κ3) is 6.21. The summed E-state index contributed by atoms with van der Waals surface area (Å²) in [5.41, 5.74) is 3.27. The lowest BCUT2D eigenvalue weighted by Crippen LogP contribution is -2.39. The molecule has 41 heavy (non-hydrogen) atoms. The lowest BCUT2D eigenvalue weighted by atomic mass is 9.96. The molecular weight excluding hydrogens is 604 g/mol. The SMILES string of the molecule is CCOC(=O)C1=C(C)N=c2s/c(=C\c3ccc(OCc4ccccc4)c(OCC)c3)c(=O)n2[C@@H]1c1ccc(Br)cc1. The number of rotatable bonds is 9. The minimum atomic E-state index is -0.659. The van der Waals surface area contributed by atoms with Crippen molar-refractivity contribution in [3.63, 3.8) is 0 Å². The zero-order valence-corrected chi connectivity index (χ0v) is 25.3. The minimum Gasteiger partial charge on any atom is -0.490 e. The first kappa shape index (κ1) is 28.6. The molecule has 7 nitrogen and oxygen atoms in total. The molecule has 0 saturated carbocycles. The van der Waals surface area contributed by atoms with Crippen molar-refractivity contribution in [1.82, 2.24) is 4.57 Å². The second kappa shape index (κ2) is 12.7. The van der Waals surface area contributed by atoms with Crippen molar-refractivity contribution in [3.8, 4) is 11.5 Å². The zero-order valence-electron chi connectivity index (χ0n) is 22.9. The van der Waals surface area contributed by atoms with E-state index < -0.39 is 12.0 Å². The first-order valence-electron chi connectivity index (χ1n) is 13.3. The second-order valence-corrected chi connectivity index (χ2v) is 11.2. The van der Waals surface area contributed by atoms with Crippen LogP contribution in [0.15, 0.2) is 98.3 Å². The Hall–Kier alpha value is -3.95. The molecule has 4 aromatic rings. The summed E-state index contributed by atoms with van der Waals surface area (Å²) in [6.07, 6.45) is 1.81. The maximum absolute atomic E-state index is 13.9. The highest BCUT2D eigenvalue weighted by Crippen LogP contribution is 2.32. The number of carbonyl (C=O) groups is 1. The van der Waals surface area contributed by atoms with Crippen LogP contribution in [0.3, 0.4) is 0 Å². The molecule has 1 aromatic heterocycles. The quantitative estimate of drug-likeness (QED) is 0.226. The van der Waals surface area contributed by atoms with E-state index in [0.717, 1.165) is 21.2 Å². The summed E-state index contributed by atoms with van der Waals surface area (Å²) in [7, 11) is 0. The van der Waals surface area contributed by atoms with Gasteiger partial charge in [0.1, 0.15) is 6.61 Å². The van der Waals surface area contributed by atoms with Gasteiger partial charge in [-0.15, -0.1) is 0 Å². The third-order valence-corrected chi connectivity index (χ3v) is 8.02. The van der Waals surface area contributed by atoms with E-state index in [-0.39, 0.29) is 12.2 Å². The van der Waals surface area contributed by atoms with Crippen molar-refractivity contribution in [2.24, 2.45) is 4.99 Å². The summed E-state index contributed by atoms with van der Waals surface area (Å²) < 4.78 is 20.2. The van der Waals surface area contributed by atoms with Crippen LogP contribution >= 0.6 is 27.3 Å². The fraction of sp³-hybridized carbons (Fsp3) is 0.219. The molecule has 0 unspecified atom stereocenters. The van der Waals surface area contributed by atoms with Gasteiger partial charge in [-0.25, -0.2) is 9.79 Å². The fourth-order valence-electron chi connectivity index (χ4n) is 4.64. The number of hydrogen-bond acceptors (Lipinski definition) is 7. The van der Waals surface area contributed by atoms with E-state index in [1.54, 1.807) is 18.4 Å². The van der Waals surface area contributed by atoms with E-state index in [9.17, 15) is 9.59 Å². The number of fused-ring (bicyclic) bond motifs is 1. The molecule has 0 saturated heterocycles. The highest BCUT2D eigenvalue weighted by atomic mass is 79.9. The molecule has 0 aliphatic carbocycles. The van der Waals surface area contributed by atoms with Crippen molar-refractivity contribution in [2.75, 3.05) is 13.2 Å². The summed E-state index contributed by atoms with van der Waals surface area (Å²) in [5.74, 6) is 0.737. The first-order valence-corrected chi connectivity index (χ1v) is 14.9. The normalized spacial score (nSPS) is 14.8. The molecule has 2 heterocycles. The van der Waals surface area contributed by atoms with Crippen molar-refractivity contribution in [2.45, 2.75) is 33.4 Å². The zero-order chi connectivity index (χ0) is 28.9. The molecule has 0 amide bonds. The maximum Gasteiger partial charge on any atom is 0.338 e. The Morgan fingerprint density at radius 3 is 2.46 bits per heavy atom. The second-order valence-electron chi connectivity index (χ2n) is 9.27. The minimum absolute atomic E-state index is 0.223. The number of benzene rings is 3. The van der Waals surface area contributed by atoms with Crippen LogP contribution in [-0.4, -0.2) is 23.8 Å². The molecule has 0 spiro atoms. The molecule has 0 radical (unpaired) electrons. The number of carbonyl (C=O) groups excluding carboxylic acids is 1. The van der Waals surface area contributed by atoms with Gasteiger partial charge in [-0.2, -0.15) is 0 Å². The Morgan fingerprint density at radius 2 is 1.76 bits per heavy atom. The van der Waals surface area contributed by atoms with Crippen molar-refractivity contribution < 1.29 is 19.0 Å². The van der Waals surface area contributed by atoms with Gasteiger partial charge in [-0.3, -0.25) is 9.36 Å². The average molecular weight is 634 g/mol. The molecule has 1 aliphatic heterocycles. The predicted molar refractivity (Wildman–Crippen MR) is 163 cm³/mol. The maximum atomic E-state index is 13.9. The van der Waals surface area contributed by atoms with Crippen molar-refractivity contribution >= 4 is 39.3 Å². The Labute approximate surface area is 250 Å². The standard InChI is InChI=1S/C32H29BrN2O5S/c1-4-38-26-17-22(11-16-25(26)40-19-21-9-7-6-8-10-21)18-27-30(36)35-29(23-12-14-24(33)15-13-23)28(31(37)39-5-2)20(3)34-32(35)41-27/h6-18,29H,4-5,19H2,1-3H3/b27-18-/t29-/m1/s1. The van der Waals surface area contributed by atoms with E-state index in [0.29, 0.717) is 45.3 Å². The van der Waals surface area contributed by atoms with Gasteiger partial charge < -0.3 is 14.2 Å². The van der Waals surface area contributed by atoms with E-state index in [1.807, 2.05) is 85.8 Å². The van der Waals surface area contributed by atoms with Gasteiger partial charge in [-0.05, 0) is 67.8 Å². The van der Waals surface area contributed by atoms with Gasteiger partial charge >= 0.3 is 5.97 Å². The van der Waals surface area contributed by atoms with Crippen LogP contribution < -0.4 is 24.4 Å². The van der Waals surface area contributed by atoms with E-state index >= 15 is 0 Å². The largest absolute Gasteiger partial charge is 0.490 e. The number of nitrogens with zero attached hydrogens (tertiary/aromatic N) is 2. The lowest BCUT2D eigenvalue weighted by Gasteiger charge is -2.24. The van der Waals surface area contributed by atoms with E-state index in [1.165, 1.54) is 11.3 Å². The number of thiazole rings is 1. The van der Waals surface area contributed by atoms with Crippen molar-refractivity contribution in [1.29, 1.82) is 0 Å². The van der Waals surface area contributed by atoms with Gasteiger partial charge in [0.15, 0.2) is 16.3 Å². The summed E-state index contributed by atoms with van der Waals surface area (Å²) in [6.45, 7) is 6.55. The molecule has 0 bridgehead atoms. The third-order valence-electron chi connectivity index (χ3n) is 6.51. The summed E-state index contributed by atoms with van der Waals surface area (Å²) in [4.78, 5) is 32.1. The van der Waals surface area contributed by atoms with Gasteiger partial charge in [-0.1, -0.05) is 75.8 Å². The number of ether oxygens (including phenoxy) is 3. The average Bonchev–Trinajstić information content (AvgIpc) is 3.27. The lowest BCUT2D eigenvalue weighted by molar-refractivity contribution is -0.139. The number of halogens is 1. The molecule has 9 heteroatoms. The van der Waals surface area contributed by atoms with Crippen LogP contribution in [0.4, 0.5) is 0 Å². The van der Waals surface area contributed by atoms with Crippen molar-refractivity contribution in [3.05, 3.63) is 125 Å². The molecule has 1 atom stereocenters. The predicted octanol–water partition coefficient (Wildman–Crippen LogP) is 5.54. The number of aromatic nitrogens is 1. The Morgan fingerprint density at radius 1 is 1.00 bits per heavy atom. The van der Waals surface area contributed by atoms with Crippen LogP contribution in [0.2, 0.25) is 0 Å². The van der Waals surface area contributed by atoms with Crippen LogP contribution in [0.1, 0.15) is 43.5 Å². The first-order chi connectivity index (χ1) is 19.9. The van der Waals surface area contributed by atoms with Gasteiger partial charge in [0.05, 0.1) is 35.1 Å². The molecule has 0 N–H and O–H groups in total. The molecular formula is C32H29BrN2O5S. The summed E-state index contributed by atoms with van der Waals surface area (Å²) in [5, 5.41) is 0. The Bertz CT molecular complexity index is 1780. The Balaban J connectivity index is 1.56. The monoisotopic (exact) mass is 632 g/mol. The van der Waals surface area contributed by atoms with Crippen LogP contribution in [-0.2, 0) is 16.1 Å². The van der Waals surface area contributed by atoms with Crippen LogP contribution in [0.25, 0.3) is 6.08 Å². The van der Waals surface area contributed by atoms with E-state index in [4.69, 9.17) is 14.2 Å². The number of hydrogen-bond donors (Lipinski definition) is 0. The molecule has 3 aromatic carbocycles. The topological polar surface area (TPSA) is 79.1 Å². The fourth-order valence-corrected chi connectivity index (χ4v) is 5.95. The van der Waals surface area contributed by atoms with Gasteiger partial charge in [0.2, 0.25) is 0 Å². The number of esters is 1. The highest BCUT2D eigenvalue weighted by molar-refractivity contribution is 9.10. The molecule has 0 fully saturated rings. The smallest absolute Gasteiger partial charge is 0.338 e. The van der Waals surface area contributed by atoms with Crippen LogP contribution in [0.5, 0.6) is 11.5 Å². The summed E-state index contributed by atoms with van der Waals surface area (Å²) >= 11 is 4.75. The summed E-state index contributed by atoms with van der Waals surface area (Å²) in [6, 6.07) is 22.4. The van der Waals surface area contributed by atoms with Gasteiger partial charge in [0, 0.05) is 4.47 Å². The highest BCUT2D eigenvalue weighted by Gasteiger charge is 2.33. The number of allylic oxidation sites excluding steroid dienone is 1.